The Labute approximate surface area is 164 Å². The largest absolute Gasteiger partial charge is 0.493 e. The molecule has 0 radical (unpaired) electrons. The lowest BCUT2D eigenvalue weighted by Crippen LogP contribution is -2.34. The lowest BCUT2D eigenvalue weighted by Gasteiger charge is -2.29. The maximum absolute atomic E-state index is 12.9. The maximum atomic E-state index is 12.9. The summed E-state index contributed by atoms with van der Waals surface area (Å²) in [6.07, 6.45) is 2.11. The van der Waals surface area contributed by atoms with E-state index in [-0.39, 0.29) is 18.3 Å². The van der Waals surface area contributed by atoms with E-state index in [1.54, 1.807) is 27.2 Å². The zero-order valence-corrected chi connectivity index (χ0v) is 16.3. The van der Waals surface area contributed by atoms with Gasteiger partial charge in [0.25, 0.3) is 0 Å². The van der Waals surface area contributed by atoms with Crippen molar-refractivity contribution in [2.45, 2.75) is 19.3 Å². The molecule has 0 bridgehead atoms. The predicted octanol–water partition coefficient (Wildman–Crippen LogP) is 4.02. The fourth-order valence-corrected chi connectivity index (χ4v) is 3.63. The first kappa shape index (κ1) is 19.7. The number of rotatable bonds is 6. The van der Waals surface area contributed by atoms with Crippen LogP contribution in [0.15, 0.2) is 54.6 Å². The zero-order chi connectivity index (χ0) is 20.1. The van der Waals surface area contributed by atoms with Crippen molar-refractivity contribution in [3.8, 4) is 11.5 Å². The second-order valence-electron chi connectivity index (χ2n) is 6.59. The van der Waals surface area contributed by atoms with Crippen molar-refractivity contribution in [2.24, 2.45) is 5.92 Å². The third-order valence-corrected chi connectivity index (χ3v) is 4.99. The Hall–Kier alpha value is -3.08. The van der Waals surface area contributed by atoms with E-state index in [1.165, 1.54) is 0 Å². The Bertz CT molecular complexity index is 885. The van der Waals surface area contributed by atoms with Crippen molar-refractivity contribution in [1.29, 1.82) is 0 Å². The van der Waals surface area contributed by atoms with Crippen molar-refractivity contribution in [3.63, 3.8) is 0 Å². The number of hydrogen-bond acceptors (Lipinski definition) is 5. The molecule has 0 saturated carbocycles. The van der Waals surface area contributed by atoms with Crippen molar-refractivity contribution in [2.75, 3.05) is 20.8 Å². The summed E-state index contributed by atoms with van der Waals surface area (Å²) in [5.74, 6) is -0.588. The molecule has 1 aliphatic carbocycles. The first-order valence-electron chi connectivity index (χ1n) is 9.27. The van der Waals surface area contributed by atoms with E-state index < -0.39 is 11.9 Å². The second kappa shape index (κ2) is 8.74. The first-order valence-corrected chi connectivity index (χ1v) is 9.27. The van der Waals surface area contributed by atoms with Gasteiger partial charge in [0.05, 0.1) is 20.8 Å². The number of allylic oxidation sites excluding steroid dienone is 2. The molecule has 0 fully saturated rings. The monoisotopic (exact) mass is 380 g/mol. The summed E-state index contributed by atoms with van der Waals surface area (Å²) in [5, 5.41) is 0. The lowest BCUT2D eigenvalue weighted by atomic mass is 9.73. The van der Waals surface area contributed by atoms with Gasteiger partial charge in [0.2, 0.25) is 0 Å². The van der Waals surface area contributed by atoms with Gasteiger partial charge in [-0.2, -0.15) is 0 Å². The summed E-state index contributed by atoms with van der Waals surface area (Å²) in [6.45, 7) is 1.99. The lowest BCUT2D eigenvalue weighted by molar-refractivity contribution is -0.151. The van der Waals surface area contributed by atoms with Gasteiger partial charge in [-0.1, -0.05) is 36.4 Å². The fraction of sp³-hybridized carbons (Fsp3) is 0.304. The van der Waals surface area contributed by atoms with Crippen LogP contribution in [0.3, 0.4) is 0 Å². The van der Waals surface area contributed by atoms with Crippen LogP contribution >= 0.6 is 0 Å². The molecule has 2 aromatic carbocycles. The van der Waals surface area contributed by atoms with Crippen LogP contribution in [0.5, 0.6) is 11.5 Å². The molecule has 5 heteroatoms. The zero-order valence-electron chi connectivity index (χ0n) is 16.3. The van der Waals surface area contributed by atoms with Crippen LogP contribution in [0.2, 0.25) is 0 Å². The van der Waals surface area contributed by atoms with Crippen LogP contribution in [0, 0.1) is 5.92 Å². The molecule has 28 heavy (non-hydrogen) atoms. The van der Waals surface area contributed by atoms with Crippen LogP contribution in [0.1, 0.15) is 30.4 Å². The van der Waals surface area contributed by atoms with Crippen LogP contribution in [-0.4, -0.2) is 32.6 Å². The van der Waals surface area contributed by atoms with Crippen molar-refractivity contribution in [1.82, 2.24) is 0 Å². The Morgan fingerprint density at radius 2 is 1.75 bits per heavy atom. The average Bonchev–Trinajstić information content (AvgIpc) is 2.73. The maximum Gasteiger partial charge on any atom is 0.317 e. The topological polar surface area (TPSA) is 61.8 Å². The number of hydrogen-bond donors (Lipinski definition) is 0. The normalized spacial score (nSPS) is 19.0. The quantitative estimate of drug-likeness (QED) is 0.559. The van der Waals surface area contributed by atoms with Gasteiger partial charge in [-0.15, -0.1) is 0 Å². The highest BCUT2D eigenvalue weighted by molar-refractivity contribution is 6.10. The predicted molar refractivity (Wildman–Crippen MR) is 106 cm³/mol. The Balaban J connectivity index is 2.02. The molecule has 0 saturated heterocycles. The van der Waals surface area contributed by atoms with Crippen molar-refractivity contribution in [3.05, 3.63) is 65.7 Å². The summed E-state index contributed by atoms with van der Waals surface area (Å²) in [5.41, 5.74) is 2.68. The number of esters is 1. The van der Waals surface area contributed by atoms with Crippen LogP contribution in [-0.2, 0) is 14.3 Å². The number of carbonyl (C=O) groups is 2. The molecule has 0 unspecified atom stereocenters. The Kier molecular flexibility index (Phi) is 6.14. The molecule has 0 amide bonds. The number of carbonyl (C=O) groups excluding carboxylic acids is 2. The molecule has 1 aliphatic rings. The van der Waals surface area contributed by atoms with Gasteiger partial charge in [-0.25, -0.2) is 0 Å². The molecule has 5 nitrogen and oxygen atoms in total. The molecule has 0 spiro atoms. The highest BCUT2D eigenvalue weighted by Crippen LogP contribution is 2.41. The molecule has 0 N–H and O–H groups in total. The smallest absolute Gasteiger partial charge is 0.317 e. The van der Waals surface area contributed by atoms with Crippen molar-refractivity contribution < 1.29 is 23.8 Å². The first-order chi connectivity index (χ1) is 13.6. The Morgan fingerprint density at radius 3 is 2.39 bits per heavy atom. The van der Waals surface area contributed by atoms with E-state index in [0.717, 1.165) is 16.7 Å². The standard InChI is InChI=1S/C23H24O5/c1-4-28-23(25)22-18(15-8-6-5-7-9-15)12-17(13-19(22)24)16-10-11-20(26-2)21(14-16)27-3/h5-11,13-14,18,22H,4,12H2,1-3H3/t18-,22+/m1/s1. The van der Waals surface area contributed by atoms with Gasteiger partial charge in [-0.05, 0) is 48.3 Å². The van der Waals surface area contributed by atoms with Gasteiger partial charge in [-0.3, -0.25) is 9.59 Å². The number of ketones is 1. The van der Waals surface area contributed by atoms with Crippen LogP contribution in [0.4, 0.5) is 0 Å². The summed E-state index contributed by atoms with van der Waals surface area (Å²) in [6, 6.07) is 15.2. The summed E-state index contributed by atoms with van der Waals surface area (Å²) < 4.78 is 15.9. The summed E-state index contributed by atoms with van der Waals surface area (Å²) in [7, 11) is 3.15. The third-order valence-electron chi connectivity index (χ3n) is 4.99. The van der Waals surface area contributed by atoms with E-state index in [0.29, 0.717) is 17.9 Å². The third kappa shape index (κ3) is 3.93. The fourth-order valence-electron chi connectivity index (χ4n) is 3.63. The SMILES string of the molecule is CCOC(=O)[C@@H]1C(=O)C=C(c2ccc(OC)c(OC)c2)C[C@@H]1c1ccccc1. The van der Waals surface area contributed by atoms with Gasteiger partial charge in [0, 0.05) is 5.92 Å². The van der Waals surface area contributed by atoms with Gasteiger partial charge >= 0.3 is 5.97 Å². The minimum atomic E-state index is -0.828. The minimum absolute atomic E-state index is 0.233. The van der Waals surface area contributed by atoms with E-state index >= 15 is 0 Å². The molecular weight excluding hydrogens is 356 g/mol. The second-order valence-corrected chi connectivity index (χ2v) is 6.59. The van der Waals surface area contributed by atoms with Crippen LogP contribution in [0.25, 0.3) is 5.57 Å². The highest BCUT2D eigenvalue weighted by atomic mass is 16.5. The number of benzene rings is 2. The molecular formula is C23H24O5. The molecule has 3 rings (SSSR count). The van der Waals surface area contributed by atoms with Crippen LogP contribution < -0.4 is 9.47 Å². The molecule has 2 aromatic rings. The Morgan fingerprint density at radius 1 is 1.04 bits per heavy atom. The molecule has 2 atom stereocenters. The van der Waals surface area contributed by atoms with E-state index in [9.17, 15) is 9.59 Å². The van der Waals surface area contributed by atoms with Gasteiger partial charge < -0.3 is 14.2 Å². The average molecular weight is 380 g/mol. The number of ether oxygens (including phenoxy) is 3. The molecule has 146 valence electrons. The minimum Gasteiger partial charge on any atom is -0.493 e. The van der Waals surface area contributed by atoms with Gasteiger partial charge in [0.1, 0.15) is 5.92 Å². The van der Waals surface area contributed by atoms with Crippen molar-refractivity contribution >= 4 is 17.3 Å². The molecule has 0 aliphatic heterocycles. The van der Waals surface area contributed by atoms with E-state index in [2.05, 4.69) is 0 Å². The van der Waals surface area contributed by atoms with E-state index in [4.69, 9.17) is 14.2 Å². The number of methoxy groups -OCH3 is 2. The highest BCUT2D eigenvalue weighted by Gasteiger charge is 2.39. The summed E-state index contributed by atoms with van der Waals surface area (Å²) >= 11 is 0. The summed E-state index contributed by atoms with van der Waals surface area (Å²) in [4.78, 5) is 25.4. The van der Waals surface area contributed by atoms with E-state index in [1.807, 2.05) is 48.5 Å². The van der Waals surface area contributed by atoms with Gasteiger partial charge in [0.15, 0.2) is 17.3 Å². The molecule has 0 aromatic heterocycles. The molecule has 0 heterocycles.